The molecule has 0 heterocycles. The van der Waals surface area contributed by atoms with Crippen molar-refractivity contribution in [1.29, 1.82) is 0 Å². The highest BCUT2D eigenvalue weighted by Gasteiger charge is 2.07. The lowest BCUT2D eigenvalue weighted by molar-refractivity contribution is -0.384. The van der Waals surface area contributed by atoms with Crippen molar-refractivity contribution < 1.29 is 4.92 Å². The van der Waals surface area contributed by atoms with E-state index in [1.807, 2.05) is 0 Å². The summed E-state index contributed by atoms with van der Waals surface area (Å²) in [7, 11) is 0. The van der Waals surface area contributed by atoms with Crippen LogP contribution in [0.15, 0.2) is 29.2 Å². The van der Waals surface area contributed by atoms with Crippen molar-refractivity contribution in [3.05, 3.63) is 34.4 Å². The number of rotatable bonds is 6. The molecule has 0 saturated heterocycles. The molecule has 0 bridgehead atoms. The van der Waals surface area contributed by atoms with Gasteiger partial charge in [0.05, 0.1) is 4.92 Å². The van der Waals surface area contributed by atoms with Crippen molar-refractivity contribution >= 4 is 30.1 Å². The molecule has 0 spiro atoms. The summed E-state index contributed by atoms with van der Waals surface area (Å²) in [5.41, 5.74) is 0.144. The third kappa shape index (κ3) is 4.06. The molecule has 1 unspecified atom stereocenters. The normalized spacial score (nSPS) is 12.4. The fourth-order valence-corrected chi connectivity index (χ4v) is 2.85. The Balaban J connectivity index is 2.52. The van der Waals surface area contributed by atoms with E-state index in [0.717, 1.165) is 22.8 Å². The molecule has 16 heavy (non-hydrogen) atoms. The highest BCUT2D eigenvalue weighted by molar-refractivity contribution is 7.99. The van der Waals surface area contributed by atoms with Crippen LogP contribution in [0.2, 0.25) is 0 Å². The Morgan fingerprint density at radius 2 is 2.06 bits per heavy atom. The molecule has 1 aromatic rings. The number of benzene rings is 1. The van der Waals surface area contributed by atoms with Crippen molar-refractivity contribution in [3.63, 3.8) is 0 Å². The molecule has 0 fully saturated rings. The van der Waals surface area contributed by atoms with Crippen molar-refractivity contribution in [1.82, 2.24) is 0 Å². The van der Waals surface area contributed by atoms with Gasteiger partial charge in [-0.25, -0.2) is 0 Å². The van der Waals surface area contributed by atoms with Gasteiger partial charge in [-0.15, -0.1) is 11.8 Å². The van der Waals surface area contributed by atoms with Crippen LogP contribution in [0.4, 0.5) is 5.69 Å². The highest BCUT2D eigenvalue weighted by atomic mass is 32.2. The molecule has 0 aliphatic carbocycles. The van der Waals surface area contributed by atoms with Crippen LogP contribution in [0, 0.1) is 16.0 Å². The SMILES string of the molecule is CCC(CS)CSc1ccc([N+](=O)[O-])cc1. The molecule has 1 rings (SSSR count). The number of nitro benzene ring substituents is 1. The zero-order chi connectivity index (χ0) is 12.0. The van der Waals surface area contributed by atoms with E-state index in [-0.39, 0.29) is 10.6 Å². The molecule has 0 N–H and O–H groups in total. The number of hydrogen-bond donors (Lipinski definition) is 1. The summed E-state index contributed by atoms with van der Waals surface area (Å²) >= 11 is 6.01. The third-order valence-electron chi connectivity index (χ3n) is 2.37. The van der Waals surface area contributed by atoms with Gasteiger partial charge in [-0.05, 0) is 23.8 Å². The van der Waals surface area contributed by atoms with Crippen LogP contribution >= 0.6 is 24.4 Å². The third-order valence-corrected chi connectivity index (χ3v) is 4.13. The lowest BCUT2D eigenvalue weighted by Crippen LogP contribution is -2.03. The van der Waals surface area contributed by atoms with Crippen LogP contribution in [0.1, 0.15) is 13.3 Å². The zero-order valence-corrected chi connectivity index (χ0v) is 10.8. The van der Waals surface area contributed by atoms with Crippen LogP contribution in [-0.4, -0.2) is 16.4 Å². The maximum atomic E-state index is 10.5. The second kappa shape index (κ2) is 6.81. The van der Waals surface area contributed by atoms with Gasteiger partial charge in [0, 0.05) is 22.8 Å². The Kier molecular flexibility index (Phi) is 5.69. The van der Waals surface area contributed by atoms with E-state index in [1.165, 1.54) is 0 Å². The van der Waals surface area contributed by atoms with Gasteiger partial charge in [-0.2, -0.15) is 12.6 Å². The monoisotopic (exact) mass is 257 g/mol. The first-order valence-electron chi connectivity index (χ1n) is 5.15. The Hall–Kier alpha value is -0.680. The molecule has 3 nitrogen and oxygen atoms in total. The highest BCUT2D eigenvalue weighted by Crippen LogP contribution is 2.24. The zero-order valence-electron chi connectivity index (χ0n) is 9.13. The van der Waals surface area contributed by atoms with Gasteiger partial charge in [0.2, 0.25) is 0 Å². The lowest BCUT2D eigenvalue weighted by Gasteiger charge is -2.10. The van der Waals surface area contributed by atoms with Gasteiger partial charge in [0.25, 0.3) is 5.69 Å². The predicted octanol–water partition coefficient (Wildman–Crippen LogP) is 3.64. The smallest absolute Gasteiger partial charge is 0.258 e. The van der Waals surface area contributed by atoms with E-state index in [0.29, 0.717) is 5.92 Å². The molecule has 0 aliphatic rings. The number of thiol groups is 1. The van der Waals surface area contributed by atoms with E-state index in [2.05, 4.69) is 19.6 Å². The second-order valence-electron chi connectivity index (χ2n) is 3.52. The van der Waals surface area contributed by atoms with E-state index in [4.69, 9.17) is 0 Å². The Morgan fingerprint density at radius 1 is 1.44 bits per heavy atom. The van der Waals surface area contributed by atoms with Gasteiger partial charge in [0.15, 0.2) is 0 Å². The molecular weight excluding hydrogens is 242 g/mol. The maximum Gasteiger partial charge on any atom is 0.269 e. The molecule has 5 heteroatoms. The van der Waals surface area contributed by atoms with Crippen LogP contribution in [0.5, 0.6) is 0 Å². The van der Waals surface area contributed by atoms with E-state index >= 15 is 0 Å². The molecule has 88 valence electrons. The molecule has 0 aromatic heterocycles. The molecule has 1 atom stereocenters. The standard InChI is InChI=1S/C11H15NO2S2/c1-2-9(7-15)8-16-11-5-3-10(4-6-11)12(13)14/h3-6,9,15H,2,7-8H2,1H3. The van der Waals surface area contributed by atoms with Gasteiger partial charge in [-0.3, -0.25) is 10.1 Å². The van der Waals surface area contributed by atoms with Gasteiger partial charge < -0.3 is 0 Å². The first-order chi connectivity index (χ1) is 7.67. The Bertz CT molecular complexity index is 336. The lowest BCUT2D eigenvalue weighted by atomic mass is 10.2. The predicted molar refractivity (Wildman–Crippen MR) is 71.5 cm³/mol. The van der Waals surface area contributed by atoms with Crippen LogP contribution < -0.4 is 0 Å². The van der Waals surface area contributed by atoms with Crippen LogP contribution in [0.3, 0.4) is 0 Å². The Labute approximate surface area is 105 Å². The van der Waals surface area contributed by atoms with Crippen molar-refractivity contribution in [2.45, 2.75) is 18.2 Å². The van der Waals surface area contributed by atoms with Crippen LogP contribution in [0.25, 0.3) is 0 Å². The average molecular weight is 257 g/mol. The molecular formula is C11H15NO2S2. The minimum atomic E-state index is -0.378. The summed E-state index contributed by atoms with van der Waals surface area (Å²) < 4.78 is 0. The van der Waals surface area contributed by atoms with E-state index < -0.39 is 0 Å². The number of non-ortho nitro benzene ring substituents is 1. The first kappa shape index (κ1) is 13.4. The summed E-state index contributed by atoms with van der Waals surface area (Å²) in [6, 6.07) is 6.69. The summed E-state index contributed by atoms with van der Waals surface area (Å²) in [5, 5.41) is 10.5. The van der Waals surface area contributed by atoms with E-state index in [1.54, 1.807) is 36.0 Å². The second-order valence-corrected chi connectivity index (χ2v) is 4.98. The number of thioether (sulfide) groups is 1. The summed E-state index contributed by atoms with van der Waals surface area (Å²) in [6.45, 7) is 2.15. The van der Waals surface area contributed by atoms with Crippen molar-refractivity contribution in [3.8, 4) is 0 Å². The molecule has 0 saturated carbocycles. The molecule has 0 aliphatic heterocycles. The fourth-order valence-electron chi connectivity index (χ4n) is 1.18. The molecule has 1 aromatic carbocycles. The maximum absolute atomic E-state index is 10.5. The molecule has 0 radical (unpaired) electrons. The summed E-state index contributed by atoms with van der Waals surface area (Å²) in [6.07, 6.45) is 1.11. The van der Waals surface area contributed by atoms with Gasteiger partial charge in [0.1, 0.15) is 0 Å². The number of hydrogen-bond acceptors (Lipinski definition) is 4. The largest absolute Gasteiger partial charge is 0.269 e. The average Bonchev–Trinajstić information content (AvgIpc) is 2.31. The number of nitrogens with zero attached hydrogens (tertiary/aromatic N) is 1. The first-order valence-corrected chi connectivity index (χ1v) is 6.77. The Morgan fingerprint density at radius 3 is 2.50 bits per heavy atom. The number of nitro groups is 1. The van der Waals surface area contributed by atoms with E-state index in [9.17, 15) is 10.1 Å². The van der Waals surface area contributed by atoms with Crippen LogP contribution in [-0.2, 0) is 0 Å². The van der Waals surface area contributed by atoms with Gasteiger partial charge >= 0.3 is 0 Å². The molecule has 0 amide bonds. The minimum Gasteiger partial charge on any atom is -0.258 e. The van der Waals surface area contributed by atoms with Gasteiger partial charge in [-0.1, -0.05) is 13.3 Å². The van der Waals surface area contributed by atoms with Crippen molar-refractivity contribution in [2.24, 2.45) is 5.92 Å². The topological polar surface area (TPSA) is 43.1 Å². The quantitative estimate of drug-likeness (QED) is 0.366. The fraction of sp³-hybridized carbons (Fsp3) is 0.455. The summed E-state index contributed by atoms with van der Waals surface area (Å²) in [5.74, 6) is 2.50. The summed E-state index contributed by atoms with van der Waals surface area (Å²) in [4.78, 5) is 11.2. The minimum absolute atomic E-state index is 0.144. The van der Waals surface area contributed by atoms with Crippen molar-refractivity contribution in [2.75, 3.05) is 11.5 Å².